The average Bonchev–Trinajstić information content (AvgIpc) is 2.16. The van der Waals surface area contributed by atoms with Gasteiger partial charge in [-0.05, 0) is 30.2 Å². The smallest absolute Gasteiger partial charge is 0.249 e. The Bertz CT molecular complexity index is 348. The molecule has 1 aliphatic heterocycles. The van der Waals surface area contributed by atoms with Crippen molar-refractivity contribution in [3.8, 4) is 0 Å². The van der Waals surface area contributed by atoms with Gasteiger partial charge in [0.25, 0.3) is 0 Å². The van der Waals surface area contributed by atoms with Crippen LogP contribution in [0.5, 0.6) is 0 Å². The van der Waals surface area contributed by atoms with Crippen molar-refractivity contribution < 1.29 is 13.2 Å². The molecule has 5 heteroatoms. The van der Waals surface area contributed by atoms with Crippen LogP contribution in [0.2, 0.25) is 0 Å². The molecule has 76 valence electrons. The van der Waals surface area contributed by atoms with Gasteiger partial charge < -0.3 is 0 Å². The zero-order chi connectivity index (χ0) is 10.2. The second kappa shape index (κ2) is 3.46. The van der Waals surface area contributed by atoms with Crippen molar-refractivity contribution in [2.75, 3.05) is 5.75 Å². The topological polar surface area (TPSA) is 12.9 Å². The number of aryl methyl sites for hydroxylation is 1. The zero-order valence-electron chi connectivity index (χ0n) is 7.27. The van der Waals surface area contributed by atoms with Gasteiger partial charge in [-0.1, -0.05) is 0 Å². The second-order valence-corrected chi connectivity index (χ2v) is 4.22. The Balaban J connectivity index is 2.39. The highest BCUT2D eigenvalue weighted by Gasteiger charge is 2.31. The van der Waals surface area contributed by atoms with E-state index >= 15 is 0 Å². The number of pyridine rings is 1. The standard InChI is InChI=1S/C9H8F3NS/c10-9(11,12)7-4-6-2-1-3-14-8(6)13-5-7/h4-5H,1-3H2. The van der Waals surface area contributed by atoms with E-state index in [9.17, 15) is 13.2 Å². The molecule has 0 aromatic carbocycles. The van der Waals surface area contributed by atoms with Gasteiger partial charge in [-0.15, -0.1) is 11.8 Å². The molecular formula is C9H8F3NS. The molecule has 2 heterocycles. The summed E-state index contributed by atoms with van der Waals surface area (Å²) in [6.07, 6.45) is -1.72. The Morgan fingerprint density at radius 2 is 2.14 bits per heavy atom. The van der Waals surface area contributed by atoms with Gasteiger partial charge in [0.15, 0.2) is 0 Å². The third-order valence-electron chi connectivity index (χ3n) is 2.08. The largest absolute Gasteiger partial charge is 0.417 e. The SMILES string of the molecule is FC(F)(F)c1cnc2c(c1)CCCS2. The molecule has 2 rings (SSSR count). The molecule has 14 heavy (non-hydrogen) atoms. The number of rotatable bonds is 0. The van der Waals surface area contributed by atoms with Gasteiger partial charge in [0.05, 0.1) is 10.6 Å². The maximum Gasteiger partial charge on any atom is 0.417 e. The van der Waals surface area contributed by atoms with Crippen LogP contribution in [-0.2, 0) is 12.6 Å². The van der Waals surface area contributed by atoms with Crippen molar-refractivity contribution in [1.82, 2.24) is 4.98 Å². The molecule has 0 N–H and O–H groups in total. The molecular weight excluding hydrogens is 211 g/mol. The summed E-state index contributed by atoms with van der Waals surface area (Å²) >= 11 is 1.53. The maximum absolute atomic E-state index is 12.3. The van der Waals surface area contributed by atoms with E-state index in [4.69, 9.17) is 0 Å². The molecule has 0 aliphatic carbocycles. The number of aromatic nitrogens is 1. The molecule has 1 aliphatic rings. The van der Waals surface area contributed by atoms with Crippen molar-refractivity contribution in [3.05, 3.63) is 23.4 Å². The second-order valence-electron chi connectivity index (χ2n) is 3.14. The summed E-state index contributed by atoms with van der Waals surface area (Å²) in [6, 6.07) is 1.22. The van der Waals surface area contributed by atoms with Gasteiger partial charge in [-0.25, -0.2) is 4.98 Å². The first-order valence-corrected chi connectivity index (χ1v) is 5.25. The van der Waals surface area contributed by atoms with Gasteiger partial charge in [0, 0.05) is 6.20 Å². The molecule has 0 saturated heterocycles. The van der Waals surface area contributed by atoms with Gasteiger partial charge >= 0.3 is 6.18 Å². The van der Waals surface area contributed by atoms with E-state index in [0.29, 0.717) is 6.42 Å². The quantitative estimate of drug-likeness (QED) is 0.664. The minimum atomic E-state index is -4.27. The van der Waals surface area contributed by atoms with E-state index in [1.165, 1.54) is 17.8 Å². The Morgan fingerprint density at radius 1 is 1.36 bits per heavy atom. The van der Waals surface area contributed by atoms with Crippen LogP contribution in [-0.4, -0.2) is 10.7 Å². The molecule has 0 saturated carbocycles. The van der Waals surface area contributed by atoms with Gasteiger partial charge in [-0.3, -0.25) is 0 Å². The molecule has 0 bridgehead atoms. The minimum Gasteiger partial charge on any atom is -0.249 e. The molecule has 1 nitrogen and oxygen atoms in total. The fourth-order valence-electron chi connectivity index (χ4n) is 1.39. The summed E-state index contributed by atoms with van der Waals surface area (Å²) in [7, 11) is 0. The highest BCUT2D eigenvalue weighted by Crippen LogP contribution is 2.34. The third kappa shape index (κ3) is 1.87. The minimum absolute atomic E-state index is 0.640. The van der Waals surface area contributed by atoms with E-state index < -0.39 is 11.7 Å². The molecule has 0 unspecified atom stereocenters. The van der Waals surface area contributed by atoms with Crippen LogP contribution in [0.3, 0.4) is 0 Å². The number of thioether (sulfide) groups is 1. The van der Waals surface area contributed by atoms with Crippen molar-refractivity contribution in [3.63, 3.8) is 0 Å². The summed E-state index contributed by atoms with van der Waals surface area (Å²) in [4.78, 5) is 3.83. The summed E-state index contributed by atoms with van der Waals surface area (Å²) in [5.41, 5.74) is 0.0924. The van der Waals surface area contributed by atoms with Gasteiger partial charge in [0.1, 0.15) is 0 Å². The average molecular weight is 219 g/mol. The molecule has 0 amide bonds. The first kappa shape index (κ1) is 9.83. The summed E-state index contributed by atoms with van der Waals surface area (Å²) in [6.45, 7) is 0. The lowest BCUT2D eigenvalue weighted by Gasteiger charge is -2.15. The fraction of sp³-hybridized carbons (Fsp3) is 0.444. The van der Waals surface area contributed by atoms with Crippen molar-refractivity contribution in [1.29, 1.82) is 0 Å². The van der Waals surface area contributed by atoms with Crippen molar-refractivity contribution in [2.24, 2.45) is 0 Å². The Hall–Kier alpha value is -0.710. The number of hydrogen-bond donors (Lipinski definition) is 0. The predicted molar refractivity (Wildman–Crippen MR) is 48.3 cm³/mol. The van der Waals surface area contributed by atoms with Crippen molar-refractivity contribution in [2.45, 2.75) is 24.0 Å². The Kier molecular flexibility index (Phi) is 2.43. The van der Waals surface area contributed by atoms with Crippen LogP contribution in [0.25, 0.3) is 0 Å². The van der Waals surface area contributed by atoms with Crippen LogP contribution in [0.1, 0.15) is 17.5 Å². The van der Waals surface area contributed by atoms with Crippen LogP contribution in [0, 0.1) is 0 Å². The lowest BCUT2D eigenvalue weighted by molar-refractivity contribution is -0.137. The Morgan fingerprint density at radius 3 is 2.86 bits per heavy atom. The number of hydrogen-bond acceptors (Lipinski definition) is 2. The number of halogens is 3. The monoisotopic (exact) mass is 219 g/mol. The molecule has 1 aromatic heterocycles. The molecule has 1 aromatic rings. The molecule has 0 fully saturated rings. The maximum atomic E-state index is 12.3. The number of alkyl halides is 3. The number of nitrogens with zero attached hydrogens (tertiary/aromatic N) is 1. The van der Waals surface area contributed by atoms with E-state index in [-0.39, 0.29) is 0 Å². The fourth-order valence-corrected chi connectivity index (χ4v) is 2.35. The third-order valence-corrected chi connectivity index (χ3v) is 3.22. The molecule has 0 radical (unpaired) electrons. The number of fused-ring (bicyclic) bond motifs is 1. The van der Waals surface area contributed by atoms with Gasteiger partial charge in [-0.2, -0.15) is 13.2 Å². The van der Waals surface area contributed by atoms with Crippen LogP contribution >= 0.6 is 11.8 Å². The highest BCUT2D eigenvalue weighted by molar-refractivity contribution is 7.99. The van der Waals surface area contributed by atoms with Crippen LogP contribution in [0.15, 0.2) is 17.3 Å². The van der Waals surface area contributed by atoms with E-state index in [1.807, 2.05) is 0 Å². The molecule has 0 spiro atoms. The van der Waals surface area contributed by atoms with Crippen LogP contribution < -0.4 is 0 Å². The lowest BCUT2D eigenvalue weighted by Crippen LogP contribution is -2.09. The molecule has 0 atom stereocenters. The van der Waals surface area contributed by atoms with E-state index in [1.54, 1.807) is 0 Å². The first-order chi connectivity index (χ1) is 6.57. The normalized spacial score (nSPS) is 16.5. The predicted octanol–water partition coefficient (Wildman–Crippen LogP) is 3.14. The summed E-state index contributed by atoms with van der Waals surface area (Å²) in [5.74, 6) is 0.950. The van der Waals surface area contributed by atoms with E-state index in [0.717, 1.165) is 29.0 Å². The Labute approximate surface area is 83.7 Å². The van der Waals surface area contributed by atoms with Crippen LogP contribution in [0.4, 0.5) is 13.2 Å². The highest BCUT2D eigenvalue weighted by atomic mass is 32.2. The summed E-state index contributed by atoms with van der Waals surface area (Å²) in [5, 5.41) is 0.754. The zero-order valence-corrected chi connectivity index (χ0v) is 8.08. The van der Waals surface area contributed by atoms with E-state index in [2.05, 4.69) is 4.98 Å². The first-order valence-electron chi connectivity index (χ1n) is 4.26. The van der Waals surface area contributed by atoms with Crippen molar-refractivity contribution >= 4 is 11.8 Å². The summed E-state index contributed by atoms with van der Waals surface area (Å²) < 4.78 is 36.9. The lowest BCUT2D eigenvalue weighted by atomic mass is 10.1. The van der Waals surface area contributed by atoms with Gasteiger partial charge in [0.2, 0.25) is 0 Å².